The van der Waals surface area contributed by atoms with E-state index in [9.17, 15) is 0 Å². The summed E-state index contributed by atoms with van der Waals surface area (Å²) in [6.45, 7) is 0.721. The molecule has 4 nitrogen and oxygen atoms in total. The molecule has 0 saturated carbocycles. The van der Waals surface area contributed by atoms with Crippen LogP contribution in [0.3, 0.4) is 0 Å². The molecule has 0 unspecified atom stereocenters. The quantitative estimate of drug-likeness (QED) is 0.881. The molecule has 98 valence electrons. The molecular weight excluding hydrogens is 310 g/mol. The Hall–Kier alpha value is -1.88. The number of rotatable bonds is 3. The highest BCUT2D eigenvalue weighted by Crippen LogP contribution is 2.35. The third kappa shape index (κ3) is 2.61. The smallest absolute Gasteiger partial charge is 0.231 e. The van der Waals surface area contributed by atoms with Crippen LogP contribution in [0.5, 0.6) is 17.2 Å². The zero-order valence-electron chi connectivity index (χ0n) is 10.1. The van der Waals surface area contributed by atoms with Crippen molar-refractivity contribution in [2.75, 3.05) is 12.5 Å². The largest absolute Gasteiger partial charge is 0.489 e. The fraction of sp³-hybridized carbons (Fsp3) is 0.143. The Bertz CT molecular complexity index is 616. The summed E-state index contributed by atoms with van der Waals surface area (Å²) in [6.07, 6.45) is 0. The first-order chi connectivity index (χ1) is 9.22. The fourth-order valence-corrected chi connectivity index (χ4v) is 2.06. The van der Waals surface area contributed by atoms with Crippen LogP contribution in [0.15, 0.2) is 40.9 Å². The van der Waals surface area contributed by atoms with Gasteiger partial charge in [0.2, 0.25) is 6.79 Å². The Kier molecular flexibility index (Phi) is 3.21. The summed E-state index contributed by atoms with van der Waals surface area (Å²) >= 11 is 3.36. The number of nitrogen functional groups attached to an aromatic ring is 1. The van der Waals surface area contributed by atoms with E-state index in [-0.39, 0.29) is 6.79 Å². The molecule has 0 spiro atoms. The van der Waals surface area contributed by atoms with Gasteiger partial charge in [-0.15, -0.1) is 0 Å². The van der Waals surface area contributed by atoms with E-state index in [0.717, 1.165) is 21.5 Å². The minimum Gasteiger partial charge on any atom is -0.489 e. The molecule has 19 heavy (non-hydrogen) atoms. The van der Waals surface area contributed by atoms with Crippen LogP contribution in [0.1, 0.15) is 5.56 Å². The maximum Gasteiger partial charge on any atom is 0.231 e. The van der Waals surface area contributed by atoms with Crippen molar-refractivity contribution in [2.24, 2.45) is 0 Å². The van der Waals surface area contributed by atoms with Crippen molar-refractivity contribution < 1.29 is 14.2 Å². The maximum atomic E-state index is 5.82. The van der Waals surface area contributed by atoms with Gasteiger partial charge in [0.1, 0.15) is 12.4 Å². The first-order valence-corrected chi connectivity index (χ1v) is 6.58. The Labute approximate surface area is 119 Å². The number of hydrogen-bond donors (Lipinski definition) is 1. The van der Waals surface area contributed by atoms with Crippen LogP contribution >= 0.6 is 15.9 Å². The lowest BCUT2D eigenvalue weighted by Crippen LogP contribution is -1.97. The lowest BCUT2D eigenvalue weighted by Gasteiger charge is -2.08. The highest BCUT2D eigenvalue weighted by molar-refractivity contribution is 9.10. The summed E-state index contributed by atoms with van der Waals surface area (Å²) in [5.74, 6) is 2.21. The molecule has 0 aliphatic carbocycles. The first-order valence-electron chi connectivity index (χ1n) is 5.79. The van der Waals surface area contributed by atoms with Crippen molar-refractivity contribution >= 4 is 21.6 Å². The summed E-state index contributed by atoms with van der Waals surface area (Å²) in [5.41, 5.74) is 7.54. The second-order valence-electron chi connectivity index (χ2n) is 4.16. The van der Waals surface area contributed by atoms with Crippen LogP contribution in [-0.4, -0.2) is 6.79 Å². The van der Waals surface area contributed by atoms with Gasteiger partial charge in [-0.3, -0.25) is 0 Å². The Morgan fingerprint density at radius 3 is 2.79 bits per heavy atom. The summed E-state index contributed by atoms with van der Waals surface area (Å²) in [5, 5.41) is 0. The molecule has 1 aliphatic rings. The number of hydrogen-bond acceptors (Lipinski definition) is 4. The Balaban J connectivity index is 1.70. The van der Waals surface area contributed by atoms with E-state index in [2.05, 4.69) is 15.9 Å². The van der Waals surface area contributed by atoms with Crippen LogP contribution in [0.4, 0.5) is 5.69 Å². The lowest BCUT2D eigenvalue weighted by atomic mass is 10.2. The third-order valence-corrected chi connectivity index (χ3v) is 3.53. The molecule has 0 fully saturated rings. The molecule has 2 aromatic rings. The van der Waals surface area contributed by atoms with Crippen LogP contribution < -0.4 is 19.9 Å². The predicted molar refractivity (Wildman–Crippen MR) is 75.5 cm³/mol. The summed E-state index contributed by atoms with van der Waals surface area (Å²) in [6, 6.07) is 11.3. The van der Waals surface area contributed by atoms with Crippen molar-refractivity contribution in [3.05, 3.63) is 46.4 Å². The molecule has 1 aliphatic heterocycles. The van der Waals surface area contributed by atoms with Gasteiger partial charge in [0, 0.05) is 16.2 Å². The molecule has 5 heteroatoms. The molecule has 2 aromatic carbocycles. The zero-order chi connectivity index (χ0) is 13.2. The molecular formula is C14H12BrNO3. The van der Waals surface area contributed by atoms with E-state index in [1.54, 1.807) is 0 Å². The number of anilines is 1. The molecule has 0 atom stereocenters. The molecule has 0 saturated heterocycles. The Morgan fingerprint density at radius 2 is 1.95 bits per heavy atom. The van der Waals surface area contributed by atoms with Gasteiger partial charge in [0.15, 0.2) is 11.5 Å². The van der Waals surface area contributed by atoms with Gasteiger partial charge in [-0.2, -0.15) is 0 Å². The molecule has 0 aromatic heterocycles. The van der Waals surface area contributed by atoms with Gasteiger partial charge < -0.3 is 19.9 Å². The zero-order valence-corrected chi connectivity index (χ0v) is 11.6. The maximum absolute atomic E-state index is 5.82. The van der Waals surface area contributed by atoms with E-state index in [0.29, 0.717) is 18.0 Å². The molecule has 0 amide bonds. The molecule has 2 N–H and O–H groups in total. The summed E-state index contributed by atoms with van der Waals surface area (Å²) in [4.78, 5) is 0. The van der Waals surface area contributed by atoms with Crippen LogP contribution in [0.2, 0.25) is 0 Å². The molecule has 0 bridgehead atoms. The lowest BCUT2D eigenvalue weighted by molar-refractivity contribution is 0.173. The van der Waals surface area contributed by atoms with Crippen LogP contribution in [-0.2, 0) is 6.61 Å². The van der Waals surface area contributed by atoms with Gasteiger partial charge in [0.25, 0.3) is 0 Å². The summed E-state index contributed by atoms with van der Waals surface area (Å²) in [7, 11) is 0. The van der Waals surface area contributed by atoms with E-state index in [1.165, 1.54) is 0 Å². The van der Waals surface area contributed by atoms with Crippen LogP contribution in [0.25, 0.3) is 0 Å². The number of nitrogens with two attached hydrogens (primary N) is 1. The van der Waals surface area contributed by atoms with Crippen molar-refractivity contribution in [1.82, 2.24) is 0 Å². The summed E-state index contributed by atoms with van der Waals surface area (Å²) < 4.78 is 17.1. The number of benzene rings is 2. The van der Waals surface area contributed by atoms with E-state index in [1.807, 2.05) is 36.4 Å². The first kappa shape index (κ1) is 12.2. The van der Waals surface area contributed by atoms with Crippen molar-refractivity contribution in [3.8, 4) is 17.2 Å². The molecule has 3 rings (SSSR count). The van der Waals surface area contributed by atoms with Gasteiger partial charge in [0.05, 0.1) is 0 Å². The van der Waals surface area contributed by atoms with Crippen molar-refractivity contribution in [3.63, 3.8) is 0 Å². The van der Waals surface area contributed by atoms with Crippen molar-refractivity contribution in [2.45, 2.75) is 6.61 Å². The van der Waals surface area contributed by atoms with E-state index < -0.39 is 0 Å². The minimum absolute atomic E-state index is 0.266. The van der Waals surface area contributed by atoms with E-state index >= 15 is 0 Å². The highest BCUT2D eigenvalue weighted by atomic mass is 79.9. The standard InChI is InChI=1S/C14H12BrNO3/c15-11-3-1-9(5-12(11)16)7-17-10-2-4-13-14(6-10)19-8-18-13/h1-6H,7-8,16H2. The van der Waals surface area contributed by atoms with Gasteiger partial charge in [-0.1, -0.05) is 6.07 Å². The minimum atomic E-state index is 0.266. The average Bonchev–Trinajstić information content (AvgIpc) is 2.87. The van der Waals surface area contributed by atoms with Crippen molar-refractivity contribution in [1.29, 1.82) is 0 Å². The second kappa shape index (κ2) is 5.01. The average molecular weight is 322 g/mol. The predicted octanol–water partition coefficient (Wildman–Crippen LogP) is 3.34. The number of fused-ring (bicyclic) bond motifs is 1. The van der Waals surface area contributed by atoms with Gasteiger partial charge in [-0.25, -0.2) is 0 Å². The fourth-order valence-electron chi connectivity index (χ4n) is 1.82. The number of ether oxygens (including phenoxy) is 3. The Morgan fingerprint density at radius 1 is 1.11 bits per heavy atom. The SMILES string of the molecule is Nc1cc(COc2ccc3c(c2)OCO3)ccc1Br. The third-order valence-electron chi connectivity index (χ3n) is 2.81. The normalized spacial score (nSPS) is 12.5. The van der Waals surface area contributed by atoms with Gasteiger partial charge >= 0.3 is 0 Å². The monoisotopic (exact) mass is 321 g/mol. The van der Waals surface area contributed by atoms with Crippen LogP contribution in [0, 0.1) is 0 Å². The highest BCUT2D eigenvalue weighted by Gasteiger charge is 2.13. The number of halogens is 1. The molecule has 1 heterocycles. The second-order valence-corrected chi connectivity index (χ2v) is 5.01. The topological polar surface area (TPSA) is 53.7 Å². The van der Waals surface area contributed by atoms with E-state index in [4.69, 9.17) is 19.9 Å². The molecule has 0 radical (unpaired) electrons. The van der Waals surface area contributed by atoms with Gasteiger partial charge in [-0.05, 0) is 45.8 Å².